The Balaban J connectivity index is 2.54. The molecular weight excluding hydrogens is 170 g/mol. The van der Waals surface area contributed by atoms with E-state index in [1.807, 2.05) is 0 Å². The normalized spacial score (nSPS) is 10.2. The molecule has 13 heavy (non-hydrogen) atoms. The van der Waals surface area contributed by atoms with Gasteiger partial charge in [-0.25, -0.2) is 10.5 Å². The van der Waals surface area contributed by atoms with Gasteiger partial charge in [0.05, 0.1) is 17.4 Å². The molecule has 0 atom stereocenters. The fourth-order valence-corrected chi connectivity index (χ4v) is 1.14. The third kappa shape index (κ3) is 1.25. The number of aromatic amines is 1. The van der Waals surface area contributed by atoms with E-state index in [1.54, 1.807) is 30.0 Å². The second kappa shape index (κ2) is 2.87. The number of amides is 1. The van der Waals surface area contributed by atoms with Crippen LogP contribution in [-0.4, -0.2) is 21.1 Å². The lowest BCUT2D eigenvalue weighted by Gasteiger charge is -1.97. The summed E-state index contributed by atoms with van der Waals surface area (Å²) in [4.78, 5) is 17.8. The number of imidazole rings is 1. The number of nitrogens with zero attached hydrogens (tertiary/aromatic N) is 1. The van der Waals surface area contributed by atoms with Gasteiger partial charge in [-0.3, -0.25) is 10.0 Å². The van der Waals surface area contributed by atoms with E-state index in [4.69, 9.17) is 5.21 Å². The first-order valence-corrected chi connectivity index (χ1v) is 3.69. The Morgan fingerprint density at radius 2 is 2.38 bits per heavy atom. The van der Waals surface area contributed by atoms with Crippen molar-refractivity contribution in [3.8, 4) is 0 Å². The minimum absolute atomic E-state index is 0.388. The molecule has 66 valence electrons. The number of H-pyrrole nitrogens is 1. The number of hydrogen-bond acceptors (Lipinski definition) is 3. The van der Waals surface area contributed by atoms with Gasteiger partial charge < -0.3 is 4.98 Å². The van der Waals surface area contributed by atoms with E-state index in [0.717, 1.165) is 11.0 Å². The summed E-state index contributed by atoms with van der Waals surface area (Å²) in [6.45, 7) is 0. The quantitative estimate of drug-likeness (QED) is 0.442. The van der Waals surface area contributed by atoms with E-state index in [9.17, 15) is 4.79 Å². The van der Waals surface area contributed by atoms with Crippen molar-refractivity contribution in [2.24, 2.45) is 0 Å². The molecule has 2 rings (SSSR count). The average Bonchev–Trinajstić information content (AvgIpc) is 2.63. The molecule has 0 bridgehead atoms. The van der Waals surface area contributed by atoms with Crippen molar-refractivity contribution in [1.29, 1.82) is 0 Å². The molecule has 0 saturated carbocycles. The molecule has 0 saturated heterocycles. The van der Waals surface area contributed by atoms with Crippen molar-refractivity contribution in [2.45, 2.75) is 0 Å². The first-order chi connectivity index (χ1) is 6.31. The molecule has 0 aliphatic carbocycles. The summed E-state index contributed by atoms with van der Waals surface area (Å²) in [7, 11) is 0. The largest absolute Gasteiger partial charge is 0.345 e. The third-order valence-corrected chi connectivity index (χ3v) is 1.78. The van der Waals surface area contributed by atoms with Crippen molar-refractivity contribution in [2.75, 3.05) is 0 Å². The van der Waals surface area contributed by atoms with E-state index in [0.29, 0.717) is 5.56 Å². The van der Waals surface area contributed by atoms with Gasteiger partial charge in [-0.05, 0) is 18.2 Å². The summed E-state index contributed by atoms with van der Waals surface area (Å²) in [6.07, 6.45) is 1.55. The van der Waals surface area contributed by atoms with Crippen LogP contribution in [0.1, 0.15) is 10.4 Å². The van der Waals surface area contributed by atoms with Gasteiger partial charge in [0, 0.05) is 5.56 Å². The predicted octanol–water partition coefficient (Wildman–Crippen LogP) is 0.682. The molecule has 5 nitrogen and oxygen atoms in total. The van der Waals surface area contributed by atoms with E-state index in [-0.39, 0.29) is 0 Å². The van der Waals surface area contributed by atoms with Gasteiger partial charge in [0.25, 0.3) is 5.91 Å². The Kier molecular flexibility index (Phi) is 1.71. The van der Waals surface area contributed by atoms with Gasteiger partial charge in [0.15, 0.2) is 0 Å². The van der Waals surface area contributed by atoms with E-state index in [1.165, 1.54) is 0 Å². The van der Waals surface area contributed by atoms with Crippen LogP contribution in [0.2, 0.25) is 0 Å². The molecule has 5 heteroatoms. The number of rotatable bonds is 1. The van der Waals surface area contributed by atoms with Crippen molar-refractivity contribution in [3.05, 3.63) is 30.1 Å². The van der Waals surface area contributed by atoms with Gasteiger partial charge in [-0.15, -0.1) is 0 Å². The van der Waals surface area contributed by atoms with E-state index < -0.39 is 5.91 Å². The van der Waals surface area contributed by atoms with Gasteiger partial charge in [-0.2, -0.15) is 0 Å². The van der Waals surface area contributed by atoms with Crippen LogP contribution in [0.4, 0.5) is 0 Å². The summed E-state index contributed by atoms with van der Waals surface area (Å²) in [6, 6.07) is 4.92. The third-order valence-electron chi connectivity index (χ3n) is 1.78. The molecule has 0 unspecified atom stereocenters. The Bertz CT molecular complexity index is 449. The molecule has 1 aromatic carbocycles. The molecule has 0 spiro atoms. The summed E-state index contributed by atoms with van der Waals surface area (Å²) >= 11 is 0. The molecule has 1 amide bonds. The second-order valence-corrected chi connectivity index (χ2v) is 2.58. The molecule has 1 heterocycles. The SMILES string of the molecule is O=C(NO)c1ccc2nc[nH]c2c1. The molecule has 1 aromatic heterocycles. The highest BCUT2D eigenvalue weighted by Crippen LogP contribution is 2.10. The van der Waals surface area contributed by atoms with Gasteiger partial charge in [-0.1, -0.05) is 0 Å². The summed E-state index contributed by atoms with van der Waals surface area (Å²) < 4.78 is 0. The molecule has 0 aliphatic rings. The Hall–Kier alpha value is -1.88. The van der Waals surface area contributed by atoms with Crippen molar-refractivity contribution in [1.82, 2.24) is 15.4 Å². The minimum Gasteiger partial charge on any atom is -0.345 e. The lowest BCUT2D eigenvalue weighted by molar-refractivity contribution is 0.0706. The summed E-state index contributed by atoms with van der Waals surface area (Å²) in [5.41, 5.74) is 3.50. The zero-order valence-electron chi connectivity index (χ0n) is 6.61. The maximum Gasteiger partial charge on any atom is 0.274 e. The summed E-state index contributed by atoms with van der Waals surface area (Å²) in [5, 5.41) is 8.39. The van der Waals surface area contributed by atoms with Crippen LogP contribution in [0.25, 0.3) is 11.0 Å². The number of fused-ring (bicyclic) bond motifs is 1. The molecule has 3 N–H and O–H groups in total. The Labute approximate surface area is 73.4 Å². The smallest absolute Gasteiger partial charge is 0.274 e. The second-order valence-electron chi connectivity index (χ2n) is 2.58. The first kappa shape index (κ1) is 7.75. The standard InChI is InChI=1S/C8H7N3O2/c12-8(11-13)5-1-2-6-7(3-5)10-4-9-6/h1-4,13H,(H,9,10)(H,11,12). The fraction of sp³-hybridized carbons (Fsp3) is 0. The van der Waals surface area contributed by atoms with E-state index in [2.05, 4.69) is 9.97 Å². The highest BCUT2D eigenvalue weighted by Gasteiger charge is 2.04. The van der Waals surface area contributed by atoms with E-state index >= 15 is 0 Å². The number of nitrogens with one attached hydrogen (secondary N) is 2. The first-order valence-electron chi connectivity index (χ1n) is 3.69. The highest BCUT2D eigenvalue weighted by molar-refractivity contribution is 5.96. The van der Waals surface area contributed by atoms with Crippen molar-refractivity contribution >= 4 is 16.9 Å². The fourth-order valence-electron chi connectivity index (χ4n) is 1.14. The molecule has 0 aliphatic heterocycles. The monoisotopic (exact) mass is 177 g/mol. The van der Waals surface area contributed by atoms with Gasteiger partial charge in [0.1, 0.15) is 0 Å². The average molecular weight is 177 g/mol. The zero-order valence-corrected chi connectivity index (χ0v) is 6.61. The van der Waals surface area contributed by atoms with Crippen LogP contribution < -0.4 is 5.48 Å². The van der Waals surface area contributed by atoms with Crippen LogP contribution >= 0.6 is 0 Å². The topological polar surface area (TPSA) is 78.0 Å². The Morgan fingerprint density at radius 3 is 3.15 bits per heavy atom. The van der Waals surface area contributed by atoms with Crippen LogP contribution in [0.3, 0.4) is 0 Å². The van der Waals surface area contributed by atoms with Gasteiger partial charge >= 0.3 is 0 Å². The lowest BCUT2D eigenvalue weighted by Crippen LogP contribution is -2.18. The number of hydroxylamine groups is 1. The van der Waals surface area contributed by atoms with Crippen molar-refractivity contribution < 1.29 is 10.0 Å². The number of carbonyl (C=O) groups excluding carboxylic acids is 1. The van der Waals surface area contributed by atoms with Crippen LogP contribution in [0, 0.1) is 0 Å². The molecule has 0 fully saturated rings. The minimum atomic E-state index is -0.531. The zero-order chi connectivity index (χ0) is 9.26. The predicted molar refractivity (Wildman–Crippen MR) is 45.3 cm³/mol. The van der Waals surface area contributed by atoms with Crippen LogP contribution in [0.5, 0.6) is 0 Å². The maximum absolute atomic E-state index is 11.0. The number of hydrogen-bond donors (Lipinski definition) is 3. The number of benzene rings is 1. The van der Waals surface area contributed by atoms with Gasteiger partial charge in [0.2, 0.25) is 0 Å². The van der Waals surface area contributed by atoms with Crippen LogP contribution in [0.15, 0.2) is 24.5 Å². The molecule has 2 aromatic rings. The number of aromatic nitrogens is 2. The van der Waals surface area contributed by atoms with Crippen molar-refractivity contribution in [3.63, 3.8) is 0 Å². The molecular formula is C8H7N3O2. The number of carbonyl (C=O) groups is 1. The summed E-state index contributed by atoms with van der Waals surface area (Å²) in [5.74, 6) is -0.531. The molecule has 0 radical (unpaired) electrons. The Morgan fingerprint density at radius 1 is 1.54 bits per heavy atom. The van der Waals surface area contributed by atoms with Crippen LogP contribution in [-0.2, 0) is 0 Å². The maximum atomic E-state index is 11.0. The highest BCUT2D eigenvalue weighted by atomic mass is 16.5. The lowest BCUT2D eigenvalue weighted by atomic mass is 10.2.